The van der Waals surface area contributed by atoms with Crippen molar-refractivity contribution in [2.75, 3.05) is 58.9 Å². The zero-order valence-corrected chi connectivity index (χ0v) is 25.5. The molecule has 0 unspecified atom stereocenters. The molecule has 1 saturated heterocycles. The molecule has 1 fully saturated rings. The lowest BCUT2D eigenvalue weighted by Gasteiger charge is -2.34. The van der Waals surface area contributed by atoms with Crippen molar-refractivity contribution in [3.63, 3.8) is 0 Å². The predicted molar refractivity (Wildman–Crippen MR) is 148 cm³/mol. The molecule has 226 valence electrons. The quantitative estimate of drug-likeness (QED) is 0.486. The third-order valence-electron chi connectivity index (χ3n) is 5.47. The van der Waals surface area contributed by atoms with Crippen molar-refractivity contribution >= 4 is 24.2 Å². The van der Waals surface area contributed by atoms with Gasteiger partial charge in [0.25, 0.3) is 0 Å². The molecule has 12 nitrogen and oxygen atoms in total. The second-order valence-electron chi connectivity index (χ2n) is 12.7. The maximum absolute atomic E-state index is 13.0. The molecule has 39 heavy (non-hydrogen) atoms. The molecule has 0 spiro atoms. The van der Waals surface area contributed by atoms with Gasteiger partial charge in [0.15, 0.2) is 0 Å². The van der Waals surface area contributed by atoms with E-state index in [4.69, 9.17) is 19.9 Å². The van der Waals surface area contributed by atoms with Gasteiger partial charge in [-0.2, -0.15) is 0 Å². The summed E-state index contributed by atoms with van der Waals surface area (Å²) in [7, 11) is 0. The molecule has 0 atom stereocenters. The van der Waals surface area contributed by atoms with Crippen LogP contribution in [0.2, 0.25) is 0 Å². The lowest BCUT2D eigenvalue weighted by atomic mass is 10.2. The van der Waals surface area contributed by atoms with Crippen LogP contribution >= 0.6 is 0 Å². The number of hydrogen-bond donors (Lipinski definition) is 1. The standard InChI is InChI=1S/C27H51N5O7/c1-25(2,3)37-22(34)30-14-11-15-32(24(36)39-27(7,8)9)19-18-31(23(35)38-26(4,5)6)13-10-12-29(16-17-30)21(33)20-28/h10-20,28H2,1-9H3. The third-order valence-corrected chi connectivity index (χ3v) is 5.47. The highest BCUT2D eigenvalue weighted by atomic mass is 16.6. The maximum atomic E-state index is 13.0. The highest BCUT2D eigenvalue weighted by Gasteiger charge is 2.28. The molecular weight excluding hydrogens is 506 g/mol. The number of carbonyl (C=O) groups excluding carboxylic acids is 4. The minimum absolute atomic E-state index is 0.160. The van der Waals surface area contributed by atoms with Crippen LogP contribution in [0, 0.1) is 0 Å². The molecule has 0 radical (unpaired) electrons. The Kier molecular flexibility index (Phi) is 12.8. The fourth-order valence-electron chi connectivity index (χ4n) is 3.74. The Morgan fingerprint density at radius 3 is 1.03 bits per heavy atom. The molecule has 1 heterocycles. The van der Waals surface area contributed by atoms with Crippen molar-refractivity contribution in [3.05, 3.63) is 0 Å². The Bertz CT molecular complexity index is 830. The van der Waals surface area contributed by atoms with Crippen LogP contribution in [0.1, 0.15) is 75.2 Å². The monoisotopic (exact) mass is 557 g/mol. The average molecular weight is 558 g/mol. The van der Waals surface area contributed by atoms with Crippen LogP contribution in [0.15, 0.2) is 0 Å². The average Bonchev–Trinajstić information content (AvgIpc) is 2.75. The van der Waals surface area contributed by atoms with Gasteiger partial charge in [-0.1, -0.05) is 0 Å². The minimum Gasteiger partial charge on any atom is -0.444 e. The summed E-state index contributed by atoms with van der Waals surface area (Å²) >= 11 is 0. The van der Waals surface area contributed by atoms with E-state index in [0.29, 0.717) is 39.0 Å². The van der Waals surface area contributed by atoms with E-state index in [-0.39, 0.29) is 38.6 Å². The van der Waals surface area contributed by atoms with Crippen LogP contribution < -0.4 is 5.73 Å². The highest BCUT2D eigenvalue weighted by molar-refractivity contribution is 5.78. The van der Waals surface area contributed by atoms with Crippen molar-refractivity contribution in [1.82, 2.24) is 19.6 Å². The zero-order valence-electron chi connectivity index (χ0n) is 25.5. The second-order valence-corrected chi connectivity index (χ2v) is 12.7. The molecule has 0 aromatic heterocycles. The van der Waals surface area contributed by atoms with Gasteiger partial charge in [0.1, 0.15) is 16.8 Å². The van der Waals surface area contributed by atoms with Crippen molar-refractivity contribution in [1.29, 1.82) is 0 Å². The van der Waals surface area contributed by atoms with Crippen molar-refractivity contribution in [2.45, 2.75) is 92.0 Å². The number of amides is 4. The van der Waals surface area contributed by atoms with Crippen LogP contribution in [-0.2, 0) is 19.0 Å². The summed E-state index contributed by atoms with van der Waals surface area (Å²) in [5.74, 6) is -0.244. The summed E-state index contributed by atoms with van der Waals surface area (Å²) in [6.07, 6.45) is -0.581. The van der Waals surface area contributed by atoms with E-state index in [1.807, 2.05) is 0 Å². The van der Waals surface area contributed by atoms with Gasteiger partial charge in [-0.05, 0) is 75.2 Å². The summed E-state index contributed by atoms with van der Waals surface area (Å²) in [6, 6.07) is 0. The smallest absolute Gasteiger partial charge is 0.410 e. The minimum atomic E-state index is -0.692. The zero-order chi connectivity index (χ0) is 30.0. The van der Waals surface area contributed by atoms with E-state index in [1.54, 1.807) is 81.9 Å². The van der Waals surface area contributed by atoms with E-state index in [9.17, 15) is 19.2 Å². The molecule has 0 aromatic rings. The fourth-order valence-corrected chi connectivity index (χ4v) is 3.74. The predicted octanol–water partition coefficient (Wildman–Crippen LogP) is 3.28. The first-order valence-corrected chi connectivity index (χ1v) is 13.7. The number of nitrogens with two attached hydrogens (primary N) is 1. The summed E-state index contributed by atoms with van der Waals surface area (Å²) in [6.45, 7) is 18.1. The summed E-state index contributed by atoms with van der Waals surface area (Å²) < 4.78 is 16.8. The Labute approximate surface area is 234 Å². The molecule has 2 N–H and O–H groups in total. The molecule has 0 aliphatic carbocycles. The molecule has 1 aliphatic heterocycles. The lowest BCUT2D eigenvalue weighted by molar-refractivity contribution is -0.130. The molecule has 0 saturated carbocycles. The fraction of sp³-hybridized carbons (Fsp3) is 0.852. The van der Waals surface area contributed by atoms with Gasteiger partial charge < -0.3 is 39.5 Å². The SMILES string of the molecule is CC(C)(C)OC(=O)N1CCCN(C(=O)OC(C)(C)C)CCN(C(=O)OC(C)(C)C)CCCN(C(=O)CN)CC1. The van der Waals surface area contributed by atoms with E-state index >= 15 is 0 Å². The number of carbonyl (C=O) groups is 4. The molecule has 1 aliphatic rings. The summed E-state index contributed by atoms with van der Waals surface area (Å²) in [5, 5.41) is 0. The summed E-state index contributed by atoms with van der Waals surface area (Å²) in [4.78, 5) is 57.7. The van der Waals surface area contributed by atoms with Gasteiger partial charge in [-0.15, -0.1) is 0 Å². The molecule has 4 amide bonds. The van der Waals surface area contributed by atoms with Gasteiger partial charge in [-0.3, -0.25) is 4.79 Å². The van der Waals surface area contributed by atoms with E-state index < -0.39 is 35.1 Å². The maximum Gasteiger partial charge on any atom is 0.410 e. The summed E-state index contributed by atoms with van der Waals surface area (Å²) in [5.41, 5.74) is 3.58. The second kappa shape index (κ2) is 14.6. The molecular formula is C27H51N5O7. The van der Waals surface area contributed by atoms with E-state index in [2.05, 4.69) is 0 Å². The largest absolute Gasteiger partial charge is 0.444 e. The van der Waals surface area contributed by atoms with E-state index in [1.165, 1.54) is 0 Å². The van der Waals surface area contributed by atoms with Crippen LogP contribution in [-0.4, -0.2) is 119 Å². The molecule has 0 bridgehead atoms. The first-order chi connectivity index (χ1) is 17.8. The number of rotatable bonds is 1. The van der Waals surface area contributed by atoms with Crippen molar-refractivity contribution in [3.8, 4) is 0 Å². The normalized spacial score (nSPS) is 17.3. The van der Waals surface area contributed by atoms with Crippen LogP contribution in [0.4, 0.5) is 14.4 Å². The number of ether oxygens (including phenoxy) is 3. The topological polar surface area (TPSA) is 135 Å². The lowest BCUT2D eigenvalue weighted by Crippen LogP contribution is -2.48. The van der Waals surface area contributed by atoms with Crippen LogP contribution in [0.25, 0.3) is 0 Å². The Morgan fingerprint density at radius 1 is 0.513 bits per heavy atom. The number of hydrogen-bond acceptors (Lipinski definition) is 8. The van der Waals surface area contributed by atoms with Gasteiger partial charge in [0, 0.05) is 52.4 Å². The Hall–Kier alpha value is -2.76. The molecule has 12 heteroatoms. The molecule has 0 aromatic carbocycles. The van der Waals surface area contributed by atoms with Crippen molar-refractivity contribution < 1.29 is 33.4 Å². The van der Waals surface area contributed by atoms with Gasteiger partial charge in [-0.25, -0.2) is 14.4 Å². The van der Waals surface area contributed by atoms with Gasteiger partial charge in [0.2, 0.25) is 5.91 Å². The molecule has 1 rings (SSSR count). The van der Waals surface area contributed by atoms with E-state index in [0.717, 1.165) is 0 Å². The Morgan fingerprint density at radius 2 is 0.769 bits per heavy atom. The first kappa shape index (κ1) is 34.3. The van der Waals surface area contributed by atoms with Crippen molar-refractivity contribution in [2.24, 2.45) is 5.73 Å². The first-order valence-electron chi connectivity index (χ1n) is 13.7. The van der Waals surface area contributed by atoms with Crippen LogP contribution in [0.5, 0.6) is 0 Å². The third kappa shape index (κ3) is 14.3. The van der Waals surface area contributed by atoms with Gasteiger partial charge >= 0.3 is 18.3 Å². The van der Waals surface area contributed by atoms with Gasteiger partial charge in [0.05, 0.1) is 6.54 Å². The Balaban J connectivity index is 3.23. The number of nitrogens with zero attached hydrogens (tertiary/aromatic N) is 4. The highest BCUT2D eigenvalue weighted by Crippen LogP contribution is 2.15. The van der Waals surface area contributed by atoms with Crippen LogP contribution in [0.3, 0.4) is 0 Å².